The Hall–Kier alpha value is -8.24. The van der Waals surface area contributed by atoms with E-state index in [1.807, 2.05) is 11.3 Å². The van der Waals surface area contributed by atoms with Crippen LogP contribution in [0.1, 0.15) is 0 Å². The third-order valence-corrected chi connectivity index (χ3v) is 14.4. The lowest BCUT2D eigenvalue weighted by molar-refractivity contribution is 1.18. The zero-order valence-electron chi connectivity index (χ0n) is 35.4. The van der Waals surface area contributed by atoms with Crippen molar-refractivity contribution >= 4 is 91.9 Å². The minimum Gasteiger partial charge on any atom is -0.310 e. The summed E-state index contributed by atoms with van der Waals surface area (Å²) in [6, 6.07) is 89.1. The number of benzene rings is 11. The van der Waals surface area contributed by atoms with E-state index in [-0.39, 0.29) is 0 Å². The minimum atomic E-state index is 1.08. The fourth-order valence-electron chi connectivity index (χ4n) is 10.2. The minimum absolute atomic E-state index is 1.08. The van der Waals surface area contributed by atoms with E-state index in [9.17, 15) is 0 Å². The smallest absolute Gasteiger partial charge is 0.0562 e. The molecule has 65 heavy (non-hydrogen) atoms. The SMILES string of the molecule is c1ccc(-n2c3ccccc3c3cc(-c4cccc5c4sc4ccccc45)c(N(c4ccc(-c5cccc6ccccc56)cc4)c4ccc(-c5cccc6ccccc56)cc4)cc32)cc1. The highest BCUT2D eigenvalue weighted by Gasteiger charge is 2.24. The fraction of sp³-hybridized carbons (Fsp3) is 0. The maximum atomic E-state index is 2.48. The molecule has 0 atom stereocenters. The molecule has 2 heterocycles. The van der Waals surface area contributed by atoms with Gasteiger partial charge in [0, 0.05) is 59.1 Å². The molecule has 0 aliphatic heterocycles. The van der Waals surface area contributed by atoms with Crippen LogP contribution in [0, 0.1) is 0 Å². The summed E-state index contributed by atoms with van der Waals surface area (Å²) in [7, 11) is 0. The van der Waals surface area contributed by atoms with Gasteiger partial charge in [0.1, 0.15) is 0 Å². The summed E-state index contributed by atoms with van der Waals surface area (Å²) < 4.78 is 5.02. The lowest BCUT2D eigenvalue weighted by Gasteiger charge is -2.29. The highest BCUT2D eigenvalue weighted by Crippen LogP contribution is 2.49. The zero-order chi connectivity index (χ0) is 42.8. The Bertz CT molecular complexity index is 3800. The molecule has 0 N–H and O–H groups in total. The van der Waals surface area contributed by atoms with Crippen molar-refractivity contribution in [1.82, 2.24) is 4.57 Å². The van der Waals surface area contributed by atoms with Crippen LogP contribution < -0.4 is 4.90 Å². The first-order chi connectivity index (χ1) is 32.2. The average molecular weight is 845 g/mol. The third kappa shape index (κ3) is 6.16. The van der Waals surface area contributed by atoms with Crippen LogP contribution in [0.3, 0.4) is 0 Å². The van der Waals surface area contributed by atoms with Gasteiger partial charge in [-0.2, -0.15) is 0 Å². The summed E-state index contributed by atoms with van der Waals surface area (Å²) >= 11 is 1.88. The van der Waals surface area contributed by atoms with E-state index in [1.165, 1.54) is 91.4 Å². The van der Waals surface area contributed by atoms with Crippen LogP contribution in [0.25, 0.3) is 103 Å². The standard InChI is InChI=1S/C62H40N2S/c1-2-19-45(20-3-1)64-58-29-10-8-23-52(58)56-39-57(55-28-14-27-54-53-24-9-11-30-61(53)65-62(54)55)59(40-60(56)64)63(46-35-31-43(32-36-46)50-25-12-17-41-15-4-6-21-48(41)50)47-37-33-44(34-38-47)51-26-13-18-42-16-5-7-22-49(42)51/h1-40H. The molecule has 0 spiro atoms. The van der Waals surface area contributed by atoms with E-state index in [0.29, 0.717) is 0 Å². The first-order valence-corrected chi connectivity index (χ1v) is 23.1. The Balaban J connectivity index is 1.10. The maximum Gasteiger partial charge on any atom is 0.0562 e. The van der Waals surface area contributed by atoms with Crippen molar-refractivity contribution in [3.05, 3.63) is 243 Å². The van der Waals surface area contributed by atoms with Crippen LogP contribution in [0.2, 0.25) is 0 Å². The molecule has 3 heteroatoms. The van der Waals surface area contributed by atoms with Crippen molar-refractivity contribution in [1.29, 1.82) is 0 Å². The molecule has 304 valence electrons. The van der Waals surface area contributed by atoms with Crippen molar-refractivity contribution in [3.63, 3.8) is 0 Å². The quantitative estimate of drug-likeness (QED) is 0.155. The molecule has 2 nitrogen and oxygen atoms in total. The van der Waals surface area contributed by atoms with E-state index in [4.69, 9.17) is 0 Å². The normalized spacial score (nSPS) is 11.7. The fourth-order valence-corrected chi connectivity index (χ4v) is 11.4. The molecule has 0 saturated carbocycles. The molecule has 13 aromatic rings. The monoisotopic (exact) mass is 844 g/mol. The summed E-state index contributed by atoms with van der Waals surface area (Å²) in [6.07, 6.45) is 0. The molecular formula is C62H40N2S. The van der Waals surface area contributed by atoms with Gasteiger partial charge >= 0.3 is 0 Å². The van der Waals surface area contributed by atoms with Gasteiger partial charge in [-0.25, -0.2) is 0 Å². The molecule has 0 bridgehead atoms. The molecule has 0 aliphatic carbocycles. The molecule has 0 saturated heterocycles. The lowest BCUT2D eigenvalue weighted by atomic mass is 9.96. The van der Waals surface area contributed by atoms with Gasteiger partial charge in [0.05, 0.1) is 16.7 Å². The summed E-state index contributed by atoms with van der Waals surface area (Å²) in [6.45, 7) is 0. The third-order valence-electron chi connectivity index (χ3n) is 13.2. The van der Waals surface area contributed by atoms with Crippen molar-refractivity contribution in [3.8, 4) is 39.1 Å². The number of anilines is 3. The van der Waals surface area contributed by atoms with Gasteiger partial charge in [-0.1, -0.05) is 182 Å². The largest absolute Gasteiger partial charge is 0.310 e. The number of rotatable bonds is 7. The molecule has 11 aromatic carbocycles. The van der Waals surface area contributed by atoms with Gasteiger partial charge in [-0.15, -0.1) is 11.3 Å². The van der Waals surface area contributed by atoms with Gasteiger partial charge in [0.2, 0.25) is 0 Å². The molecule has 0 amide bonds. The number of para-hydroxylation sites is 2. The van der Waals surface area contributed by atoms with Crippen molar-refractivity contribution in [2.75, 3.05) is 4.90 Å². The average Bonchev–Trinajstić information content (AvgIpc) is 3.92. The van der Waals surface area contributed by atoms with Crippen molar-refractivity contribution in [2.45, 2.75) is 0 Å². The molecule has 0 unspecified atom stereocenters. The number of thiophene rings is 1. The van der Waals surface area contributed by atoms with E-state index in [0.717, 1.165) is 28.3 Å². The van der Waals surface area contributed by atoms with E-state index < -0.39 is 0 Å². The lowest BCUT2D eigenvalue weighted by Crippen LogP contribution is -2.11. The Morgan fingerprint density at radius 3 is 1.49 bits per heavy atom. The second kappa shape index (κ2) is 15.2. The van der Waals surface area contributed by atoms with Crippen LogP contribution >= 0.6 is 11.3 Å². The van der Waals surface area contributed by atoms with Crippen molar-refractivity contribution in [2.24, 2.45) is 0 Å². The van der Waals surface area contributed by atoms with E-state index in [2.05, 4.69) is 252 Å². The van der Waals surface area contributed by atoms with Crippen LogP contribution in [-0.2, 0) is 0 Å². The number of hydrogen-bond acceptors (Lipinski definition) is 2. The summed E-state index contributed by atoms with van der Waals surface area (Å²) in [5, 5.41) is 10.0. The maximum absolute atomic E-state index is 2.48. The van der Waals surface area contributed by atoms with Gasteiger partial charge < -0.3 is 9.47 Å². The van der Waals surface area contributed by atoms with Crippen LogP contribution in [0.15, 0.2) is 243 Å². The van der Waals surface area contributed by atoms with E-state index >= 15 is 0 Å². The molecule has 0 radical (unpaired) electrons. The predicted molar refractivity (Wildman–Crippen MR) is 280 cm³/mol. The van der Waals surface area contributed by atoms with Gasteiger partial charge in [0.25, 0.3) is 0 Å². The molecule has 13 rings (SSSR count). The van der Waals surface area contributed by atoms with Crippen LogP contribution in [0.4, 0.5) is 17.1 Å². The first kappa shape index (κ1) is 37.3. The number of hydrogen-bond donors (Lipinski definition) is 0. The van der Waals surface area contributed by atoms with Crippen LogP contribution in [0.5, 0.6) is 0 Å². The summed E-state index contributed by atoms with van der Waals surface area (Å²) in [5.74, 6) is 0. The Labute approximate surface area is 381 Å². The highest BCUT2D eigenvalue weighted by atomic mass is 32.1. The van der Waals surface area contributed by atoms with Gasteiger partial charge in [-0.05, 0) is 104 Å². The summed E-state index contributed by atoms with van der Waals surface area (Å²) in [5.41, 5.74) is 14.0. The first-order valence-electron chi connectivity index (χ1n) is 22.2. The predicted octanol–water partition coefficient (Wildman–Crippen LogP) is 17.9. The van der Waals surface area contributed by atoms with Crippen LogP contribution in [-0.4, -0.2) is 4.57 Å². The molecule has 2 aromatic heterocycles. The molecular weight excluding hydrogens is 805 g/mol. The summed E-state index contributed by atoms with van der Waals surface area (Å²) in [4.78, 5) is 2.48. The zero-order valence-corrected chi connectivity index (χ0v) is 36.2. The van der Waals surface area contributed by atoms with Gasteiger partial charge in [-0.3, -0.25) is 0 Å². The Morgan fingerprint density at radius 2 is 0.831 bits per heavy atom. The van der Waals surface area contributed by atoms with E-state index in [1.54, 1.807) is 0 Å². The number of fused-ring (bicyclic) bond motifs is 8. The topological polar surface area (TPSA) is 8.17 Å². The second-order valence-electron chi connectivity index (χ2n) is 16.8. The molecule has 0 fully saturated rings. The Morgan fingerprint density at radius 1 is 0.323 bits per heavy atom. The molecule has 0 aliphatic rings. The Kier molecular flexibility index (Phi) is 8.75. The number of aromatic nitrogens is 1. The highest BCUT2D eigenvalue weighted by molar-refractivity contribution is 7.26. The van der Waals surface area contributed by atoms with Crippen molar-refractivity contribution < 1.29 is 0 Å². The second-order valence-corrected chi connectivity index (χ2v) is 17.9. The number of nitrogens with zero attached hydrogens (tertiary/aromatic N) is 2. The van der Waals surface area contributed by atoms with Gasteiger partial charge in [0.15, 0.2) is 0 Å².